The summed E-state index contributed by atoms with van der Waals surface area (Å²) in [5.74, 6) is -2.62. The van der Waals surface area contributed by atoms with Crippen LogP contribution in [0.5, 0.6) is 0 Å². The molecule has 1 heterocycles. The number of likely N-dealkylation sites (tertiary alicyclic amines) is 1. The van der Waals surface area contributed by atoms with Gasteiger partial charge < -0.3 is 15.2 Å². The fourth-order valence-corrected chi connectivity index (χ4v) is 3.57. The lowest BCUT2D eigenvalue weighted by Gasteiger charge is -2.55. The molecular weight excluding hydrogens is 330 g/mol. The predicted molar refractivity (Wildman–Crippen MR) is 90.1 cm³/mol. The van der Waals surface area contributed by atoms with Gasteiger partial charge in [0.1, 0.15) is 0 Å². The Morgan fingerprint density at radius 3 is 2.48 bits per heavy atom. The zero-order chi connectivity index (χ0) is 19.0. The van der Waals surface area contributed by atoms with Crippen LogP contribution in [-0.2, 0) is 0 Å². The maximum atomic E-state index is 13.7. The summed E-state index contributed by atoms with van der Waals surface area (Å²) in [6, 6.07) is 3.70. The van der Waals surface area contributed by atoms with Crippen molar-refractivity contribution in [3.05, 3.63) is 35.4 Å². The largest absolute Gasteiger partial charge is 0.465 e. The Hall–Kier alpha value is -2.18. The van der Waals surface area contributed by atoms with Crippen LogP contribution in [-0.4, -0.2) is 39.6 Å². The topological polar surface area (TPSA) is 73.1 Å². The van der Waals surface area contributed by atoms with Gasteiger partial charge in [-0.25, -0.2) is 13.6 Å². The summed E-state index contributed by atoms with van der Waals surface area (Å²) >= 11 is 0. The number of carboxylic acid groups (broad SMARTS) is 1. The molecule has 2 N–H and O–H groups in total. The molecule has 0 aliphatic carbocycles. The summed E-state index contributed by atoms with van der Waals surface area (Å²) < 4.78 is 27.0. The maximum absolute atomic E-state index is 13.7. The fourth-order valence-electron chi connectivity index (χ4n) is 3.57. The molecule has 7 heteroatoms. The Morgan fingerprint density at radius 2 is 2.00 bits per heavy atom. The Labute approximate surface area is 145 Å². The van der Waals surface area contributed by atoms with Gasteiger partial charge in [-0.1, -0.05) is 26.8 Å². The van der Waals surface area contributed by atoms with Gasteiger partial charge in [0.2, 0.25) is 0 Å². The molecule has 1 saturated heterocycles. The fraction of sp³-hybridized carbons (Fsp3) is 0.556. The van der Waals surface area contributed by atoms with E-state index < -0.39 is 29.2 Å². The number of rotatable bonds is 2. The quantitative estimate of drug-likeness (QED) is 0.472. The van der Waals surface area contributed by atoms with Crippen molar-refractivity contribution in [1.29, 1.82) is 0 Å². The first kappa shape index (κ1) is 19.1. The summed E-state index contributed by atoms with van der Waals surface area (Å²) in [6.45, 7) is 7.82. The zero-order valence-electron chi connectivity index (χ0n) is 14.8. The van der Waals surface area contributed by atoms with Gasteiger partial charge in [0.25, 0.3) is 0 Å². The molecule has 138 valence electrons. The minimum absolute atomic E-state index is 0.108. The second-order valence-corrected chi connectivity index (χ2v) is 7.83. The summed E-state index contributed by atoms with van der Waals surface area (Å²) in [6.07, 6.45) is 0.604. The van der Waals surface area contributed by atoms with E-state index in [2.05, 4.69) is 5.16 Å². The molecule has 1 amide bonds. The van der Waals surface area contributed by atoms with Crippen LogP contribution >= 0.6 is 0 Å². The third kappa shape index (κ3) is 3.45. The highest BCUT2D eigenvalue weighted by atomic mass is 19.2. The number of halogens is 2. The molecule has 0 aromatic heterocycles. The molecule has 25 heavy (non-hydrogen) atoms. The number of carbonyl (C=O) groups is 1. The van der Waals surface area contributed by atoms with Crippen molar-refractivity contribution in [3.8, 4) is 0 Å². The van der Waals surface area contributed by atoms with Crippen molar-refractivity contribution < 1.29 is 23.9 Å². The molecular formula is C18H24F2N2O3. The van der Waals surface area contributed by atoms with Crippen molar-refractivity contribution in [1.82, 2.24) is 4.90 Å². The molecule has 1 fully saturated rings. The van der Waals surface area contributed by atoms with E-state index in [1.807, 2.05) is 27.7 Å². The highest BCUT2D eigenvalue weighted by Gasteiger charge is 2.51. The van der Waals surface area contributed by atoms with E-state index in [1.54, 1.807) is 0 Å². The minimum Gasteiger partial charge on any atom is -0.465 e. The van der Waals surface area contributed by atoms with Crippen molar-refractivity contribution in [2.45, 2.75) is 45.6 Å². The third-order valence-electron chi connectivity index (χ3n) is 5.60. The van der Waals surface area contributed by atoms with Gasteiger partial charge in [-0.05, 0) is 42.4 Å². The number of nitrogens with zero attached hydrogens (tertiary/aromatic N) is 2. The van der Waals surface area contributed by atoms with Gasteiger partial charge in [-0.15, -0.1) is 5.16 Å². The zero-order valence-corrected chi connectivity index (χ0v) is 14.8. The van der Waals surface area contributed by atoms with E-state index in [0.29, 0.717) is 12.0 Å². The average molecular weight is 354 g/mol. The van der Waals surface area contributed by atoms with Crippen LogP contribution < -0.4 is 0 Å². The molecule has 0 bridgehead atoms. The van der Waals surface area contributed by atoms with Crippen molar-refractivity contribution in [2.24, 2.45) is 16.5 Å². The van der Waals surface area contributed by atoms with Crippen LogP contribution in [0.25, 0.3) is 0 Å². The van der Waals surface area contributed by atoms with E-state index in [1.165, 1.54) is 17.2 Å². The van der Waals surface area contributed by atoms with E-state index in [0.717, 1.165) is 12.1 Å². The summed E-state index contributed by atoms with van der Waals surface area (Å²) in [5, 5.41) is 21.7. The first-order valence-electron chi connectivity index (χ1n) is 8.14. The molecule has 5 nitrogen and oxygen atoms in total. The normalized spacial score (nSPS) is 27.7. The molecule has 0 saturated carbocycles. The standard InChI is InChI=1S/C18H24F2N2O3/c1-17(2,3)18(4)8-13(11-5-6-14(19)15(20)7-11)12(9-21-25)10-22(18)16(23)24/h5-7,9,12-13,25H,8,10H2,1-4H3,(H,23,24)/t12-,13+,18-/m0/s1. The number of oxime groups is 1. The van der Waals surface area contributed by atoms with Crippen molar-refractivity contribution >= 4 is 12.3 Å². The first-order chi connectivity index (χ1) is 11.5. The molecule has 1 aliphatic rings. The molecule has 0 unspecified atom stereocenters. The highest BCUT2D eigenvalue weighted by Crippen LogP contribution is 2.48. The lowest BCUT2D eigenvalue weighted by Crippen LogP contribution is -2.62. The van der Waals surface area contributed by atoms with E-state index in [9.17, 15) is 18.7 Å². The highest BCUT2D eigenvalue weighted by molar-refractivity contribution is 5.70. The van der Waals surface area contributed by atoms with Gasteiger partial charge in [-0.2, -0.15) is 0 Å². The molecule has 1 aromatic carbocycles. The molecule has 0 radical (unpaired) electrons. The van der Waals surface area contributed by atoms with Crippen LogP contribution in [0, 0.1) is 23.0 Å². The Bertz CT molecular complexity index is 687. The van der Waals surface area contributed by atoms with Gasteiger partial charge in [0.15, 0.2) is 11.6 Å². The summed E-state index contributed by atoms with van der Waals surface area (Å²) in [4.78, 5) is 13.2. The molecule has 2 rings (SSSR count). The molecule has 0 spiro atoms. The second-order valence-electron chi connectivity index (χ2n) is 7.83. The van der Waals surface area contributed by atoms with Crippen LogP contribution in [0.15, 0.2) is 23.4 Å². The Morgan fingerprint density at radius 1 is 1.36 bits per heavy atom. The van der Waals surface area contributed by atoms with E-state index in [-0.39, 0.29) is 17.9 Å². The van der Waals surface area contributed by atoms with Gasteiger partial charge >= 0.3 is 6.09 Å². The average Bonchev–Trinajstić information content (AvgIpc) is 2.50. The first-order valence-corrected chi connectivity index (χ1v) is 8.14. The monoisotopic (exact) mass is 354 g/mol. The SMILES string of the molecule is CC(C)(C)[C@]1(C)C[C@H](c2ccc(F)c(F)c2)[C@@H](C=NO)CN1C(=O)O. The number of benzene rings is 1. The van der Waals surface area contributed by atoms with Gasteiger partial charge in [-0.3, -0.25) is 0 Å². The summed E-state index contributed by atoms with van der Waals surface area (Å²) in [7, 11) is 0. The lowest BCUT2D eigenvalue weighted by molar-refractivity contribution is -0.0273. The van der Waals surface area contributed by atoms with Gasteiger partial charge in [0.05, 0.1) is 0 Å². The smallest absolute Gasteiger partial charge is 0.407 e. The van der Waals surface area contributed by atoms with Crippen LogP contribution in [0.3, 0.4) is 0 Å². The van der Waals surface area contributed by atoms with Crippen LogP contribution in [0.4, 0.5) is 13.6 Å². The lowest BCUT2D eigenvalue weighted by atomic mass is 9.63. The molecule has 1 aliphatic heterocycles. The Balaban J connectivity index is 2.53. The number of amides is 1. The second kappa shape index (κ2) is 6.61. The number of piperidine rings is 1. The Kier molecular flexibility index (Phi) is 5.06. The van der Waals surface area contributed by atoms with E-state index in [4.69, 9.17) is 5.21 Å². The van der Waals surface area contributed by atoms with E-state index >= 15 is 0 Å². The minimum atomic E-state index is -1.06. The third-order valence-corrected chi connectivity index (χ3v) is 5.60. The summed E-state index contributed by atoms with van der Waals surface area (Å²) in [5.41, 5.74) is -0.554. The molecule has 3 atom stereocenters. The number of hydrogen-bond donors (Lipinski definition) is 2. The number of hydrogen-bond acceptors (Lipinski definition) is 3. The van der Waals surface area contributed by atoms with Crippen LogP contribution in [0.2, 0.25) is 0 Å². The van der Waals surface area contributed by atoms with Crippen molar-refractivity contribution in [3.63, 3.8) is 0 Å². The maximum Gasteiger partial charge on any atom is 0.407 e. The van der Waals surface area contributed by atoms with Crippen LogP contribution in [0.1, 0.15) is 45.6 Å². The molecule has 1 aromatic rings. The predicted octanol–water partition coefficient (Wildman–Crippen LogP) is 4.31. The van der Waals surface area contributed by atoms with Crippen molar-refractivity contribution in [2.75, 3.05) is 6.54 Å². The van der Waals surface area contributed by atoms with Gasteiger partial charge in [0, 0.05) is 24.2 Å².